The van der Waals surface area contributed by atoms with Gasteiger partial charge < -0.3 is 10.2 Å². The zero-order valence-electron chi connectivity index (χ0n) is 14.2. The lowest BCUT2D eigenvalue weighted by atomic mass is 10.1. The van der Waals surface area contributed by atoms with Crippen molar-refractivity contribution in [1.29, 1.82) is 0 Å². The van der Waals surface area contributed by atoms with Crippen LogP contribution in [0.4, 0.5) is 11.6 Å². The van der Waals surface area contributed by atoms with Crippen LogP contribution in [0.2, 0.25) is 0 Å². The number of rotatable bonds is 8. The SMILES string of the molecule is CCCNc1nc(C2CC2)nc(N(C)CCC(C)C)c1C. The van der Waals surface area contributed by atoms with Crippen LogP contribution in [0.3, 0.4) is 0 Å². The van der Waals surface area contributed by atoms with Crippen LogP contribution in [0, 0.1) is 12.8 Å². The summed E-state index contributed by atoms with van der Waals surface area (Å²) in [5.74, 6) is 4.47. The molecule has 0 atom stereocenters. The van der Waals surface area contributed by atoms with Crippen LogP contribution in [0.5, 0.6) is 0 Å². The zero-order valence-corrected chi connectivity index (χ0v) is 14.2. The average molecular weight is 290 g/mol. The van der Waals surface area contributed by atoms with Gasteiger partial charge in [-0.15, -0.1) is 0 Å². The molecule has 1 heterocycles. The van der Waals surface area contributed by atoms with E-state index in [1.165, 1.54) is 24.8 Å². The molecule has 4 heteroatoms. The van der Waals surface area contributed by atoms with Crippen molar-refractivity contribution in [2.45, 2.75) is 59.3 Å². The van der Waals surface area contributed by atoms with Gasteiger partial charge in [0.2, 0.25) is 0 Å². The van der Waals surface area contributed by atoms with Crippen LogP contribution in [-0.4, -0.2) is 30.1 Å². The number of hydrogen-bond acceptors (Lipinski definition) is 4. The summed E-state index contributed by atoms with van der Waals surface area (Å²) in [7, 11) is 2.15. The normalized spacial score (nSPS) is 14.6. The zero-order chi connectivity index (χ0) is 15.4. The lowest BCUT2D eigenvalue weighted by molar-refractivity contribution is 0.582. The summed E-state index contributed by atoms with van der Waals surface area (Å²) in [6.45, 7) is 10.9. The molecule has 0 bridgehead atoms. The molecular weight excluding hydrogens is 260 g/mol. The highest BCUT2D eigenvalue weighted by atomic mass is 15.2. The fraction of sp³-hybridized carbons (Fsp3) is 0.765. The average Bonchev–Trinajstić information content (AvgIpc) is 3.28. The Hall–Kier alpha value is -1.32. The number of nitrogens with one attached hydrogen (secondary N) is 1. The molecule has 0 aromatic carbocycles. The summed E-state index contributed by atoms with van der Waals surface area (Å²) < 4.78 is 0. The van der Waals surface area contributed by atoms with Crippen LogP contribution < -0.4 is 10.2 Å². The van der Waals surface area contributed by atoms with E-state index < -0.39 is 0 Å². The minimum atomic E-state index is 0.588. The van der Waals surface area contributed by atoms with Crippen LogP contribution in [0.15, 0.2) is 0 Å². The van der Waals surface area contributed by atoms with Crippen molar-refractivity contribution in [3.63, 3.8) is 0 Å². The maximum absolute atomic E-state index is 4.86. The van der Waals surface area contributed by atoms with Crippen molar-refractivity contribution in [2.75, 3.05) is 30.4 Å². The Morgan fingerprint density at radius 1 is 1.29 bits per heavy atom. The Bertz CT molecular complexity index is 466. The van der Waals surface area contributed by atoms with Gasteiger partial charge in [0.05, 0.1) is 0 Å². The van der Waals surface area contributed by atoms with E-state index in [2.05, 4.69) is 45.0 Å². The molecule has 1 saturated carbocycles. The van der Waals surface area contributed by atoms with E-state index in [1.54, 1.807) is 0 Å². The smallest absolute Gasteiger partial charge is 0.137 e. The topological polar surface area (TPSA) is 41.1 Å². The van der Waals surface area contributed by atoms with Gasteiger partial charge in [0.1, 0.15) is 17.5 Å². The number of nitrogens with zero attached hydrogens (tertiary/aromatic N) is 3. The van der Waals surface area contributed by atoms with E-state index in [9.17, 15) is 0 Å². The van der Waals surface area contributed by atoms with Gasteiger partial charge in [0, 0.05) is 31.6 Å². The van der Waals surface area contributed by atoms with Crippen molar-refractivity contribution in [3.05, 3.63) is 11.4 Å². The molecule has 21 heavy (non-hydrogen) atoms. The Morgan fingerprint density at radius 3 is 2.57 bits per heavy atom. The Morgan fingerprint density at radius 2 is 2.00 bits per heavy atom. The second-order valence-electron chi connectivity index (χ2n) is 6.68. The summed E-state index contributed by atoms with van der Waals surface area (Å²) in [4.78, 5) is 11.9. The predicted molar refractivity (Wildman–Crippen MR) is 90.2 cm³/mol. The molecule has 0 amide bonds. The van der Waals surface area contributed by atoms with E-state index >= 15 is 0 Å². The van der Waals surface area contributed by atoms with Crippen molar-refractivity contribution in [1.82, 2.24) is 9.97 Å². The Labute approximate surface area is 129 Å². The highest BCUT2D eigenvalue weighted by molar-refractivity contribution is 5.58. The van der Waals surface area contributed by atoms with Crippen molar-refractivity contribution in [2.24, 2.45) is 5.92 Å². The lowest BCUT2D eigenvalue weighted by Crippen LogP contribution is -2.23. The molecule has 0 spiro atoms. The Balaban J connectivity index is 2.22. The molecule has 1 N–H and O–H groups in total. The van der Waals surface area contributed by atoms with Crippen molar-refractivity contribution < 1.29 is 0 Å². The van der Waals surface area contributed by atoms with Gasteiger partial charge in [-0.25, -0.2) is 9.97 Å². The minimum Gasteiger partial charge on any atom is -0.370 e. The van der Waals surface area contributed by atoms with Crippen LogP contribution in [-0.2, 0) is 0 Å². The highest BCUT2D eigenvalue weighted by Gasteiger charge is 2.28. The molecule has 0 unspecified atom stereocenters. The molecule has 4 nitrogen and oxygen atoms in total. The van der Waals surface area contributed by atoms with Crippen LogP contribution in [0.25, 0.3) is 0 Å². The summed E-state index contributed by atoms with van der Waals surface area (Å²) in [6.07, 6.45) is 4.79. The van der Waals surface area contributed by atoms with Crippen molar-refractivity contribution >= 4 is 11.6 Å². The van der Waals surface area contributed by atoms with Gasteiger partial charge in [-0.2, -0.15) is 0 Å². The second kappa shape index (κ2) is 7.10. The molecular formula is C17H30N4. The quantitative estimate of drug-likeness (QED) is 0.786. The molecule has 2 rings (SSSR count). The number of hydrogen-bond donors (Lipinski definition) is 1. The minimum absolute atomic E-state index is 0.588. The third-order valence-corrected chi connectivity index (χ3v) is 4.03. The molecule has 118 valence electrons. The molecule has 0 aliphatic heterocycles. The van der Waals surface area contributed by atoms with E-state index in [-0.39, 0.29) is 0 Å². The molecule has 1 aromatic rings. The summed E-state index contributed by atoms with van der Waals surface area (Å²) in [5.41, 5.74) is 1.18. The van der Waals surface area contributed by atoms with Gasteiger partial charge in [-0.05, 0) is 38.5 Å². The fourth-order valence-corrected chi connectivity index (χ4v) is 2.39. The first-order valence-corrected chi connectivity index (χ1v) is 8.36. The monoisotopic (exact) mass is 290 g/mol. The standard InChI is InChI=1S/C17H30N4/c1-6-10-18-15-13(4)17(21(5)11-9-12(2)3)20-16(19-15)14-7-8-14/h12,14H,6-11H2,1-5H3,(H,18,19,20). The highest BCUT2D eigenvalue weighted by Crippen LogP contribution is 2.40. The van der Waals surface area contributed by atoms with Crippen molar-refractivity contribution in [3.8, 4) is 0 Å². The van der Waals surface area contributed by atoms with E-state index in [0.29, 0.717) is 5.92 Å². The van der Waals surface area contributed by atoms with Gasteiger partial charge in [0.15, 0.2) is 0 Å². The molecule has 0 saturated heterocycles. The summed E-state index contributed by atoms with van der Waals surface area (Å²) in [5, 5.41) is 3.47. The second-order valence-corrected chi connectivity index (χ2v) is 6.68. The van der Waals surface area contributed by atoms with E-state index in [1.807, 2.05) is 0 Å². The van der Waals surface area contributed by atoms with Gasteiger partial charge >= 0.3 is 0 Å². The molecule has 1 fully saturated rings. The van der Waals surface area contributed by atoms with Gasteiger partial charge in [-0.1, -0.05) is 20.8 Å². The Kier molecular flexibility index (Phi) is 5.43. The van der Waals surface area contributed by atoms with E-state index in [0.717, 1.165) is 42.9 Å². The largest absolute Gasteiger partial charge is 0.370 e. The van der Waals surface area contributed by atoms with Gasteiger partial charge in [0.25, 0.3) is 0 Å². The molecule has 1 aliphatic rings. The summed E-state index contributed by atoms with van der Waals surface area (Å²) >= 11 is 0. The fourth-order valence-electron chi connectivity index (χ4n) is 2.39. The first-order valence-electron chi connectivity index (χ1n) is 8.36. The lowest BCUT2D eigenvalue weighted by Gasteiger charge is -2.23. The molecule has 0 radical (unpaired) electrons. The maximum Gasteiger partial charge on any atom is 0.137 e. The summed E-state index contributed by atoms with van der Waals surface area (Å²) in [6, 6.07) is 0. The maximum atomic E-state index is 4.86. The first-order chi connectivity index (χ1) is 10.0. The first kappa shape index (κ1) is 16.1. The van der Waals surface area contributed by atoms with E-state index in [4.69, 9.17) is 9.97 Å². The third kappa shape index (κ3) is 4.32. The van der Waals surface area contributed by atoms with Gasteiger partial charge in [-0.3, -0.25) is 0 Å². The molecule has 1 aromatic heterocycles. The van der Waals surface area contributed by atoms with Crippen LogP contribution >= 0.6 is 0 Å². The third-order valence-electron chi connectivity index (χ3n) is 4.03. The number of aromatic nitrogens is 2. The number of anilines is 2. The molecule has 1 aliphatic carbocycles. The predicted octanol–water partition coefficient (Wildman–Crippen LogP) is 3.97. The van der Waals surface area contributed by atoms with Crippen LogP contribution in [0.1, 0.15) is 63.8 Å².